The van der Waals surface area contributed by atoms with Crippen molar-refractivity contribution in [2.75, 3.05) is 54.4 Å². The maximum atomic E-state index is 2.46. The molecule has 0 N–H and O–H groups in total. The lowest BCUT2D eigenvalue weighted by Gasteiger charge is -2.42. The zero-order valence-corrected chi connectivity index (χ0v) is 8.75. The molecule has 0 aromatic carbocycles. The van der Waals surface area contributed by atoms with Crippen molar-refractivity contribution in [3.05, 3.63) is 0 Å². The van der Waals surface area contributed by atoms with Gasteiger partial charge in [0.15, 0.2) is 0 Å². The fraction of sp³-hybridized carbons (Fsp3) is 1.00. The predicted octanol–water partition coefficient (Wildman–Crippen LogP) is -0.206. The van der Waals surface area contributed by atoms with E-state index in [1.54, 1.807) is 0 Å². The summed E-state index contributed by atoms with van der Waals surface area (Å²) in [5, 5.41) is 0. The van der Waals surface area contributed by atoms with Crippen molar-refractivity contribution in [2.45, 2.75) is 6.04 Å². The minimum Gasteiger partial charge on any atom is -0.308 e. The Bertz CT molecular complexity index is 130. The number of hydrogen-bond donors (Lipinski definition) is 0. The Morgan fingerprint density at radius 3 is 2.17 bits per heavy atom. The summed E-state index contributed by atoms with van der Waals surface area (Å²) in [6.45, 7) is 4.83. The van der Waals surface area contributed by atoms with Crippen molar-refractivity contribution >= 4 is 0 Å². The maximum Gasteiger partial charge on any atom is 0.0347 e. The minimum atomic E-state index is 0.801. The summed E-state index contributed by atoms with van der Waals surface area (Å²) >= 11 is 0. The molecule has 0 atom stereocenters. The summed E-state index contributed by atoms with van der Waals surface area (Å²) in [6, 6.07) is 0.801. The van der Waals surface area contributed by atoms with Crippen molar-refractivity contribution in [1.29, 1.82) is 0 Å². The second-order valence-corrected chi connectivity index (χ2v) is 4.16. The minimum absolute atomic E-state index is 0.801. The van der Waals surface area contributed by atoms with Crippen LogP contribution >= 0.6 is 0 Å². The van der Waals surface area contributed by atoms with Gasteiger partial charge in [0.2, 0.25) is 0 Å². The van der Waals surface area contributed by atoms with Crippen LogP contribution in [0.3, 0.4) is 0 Å². The summed E-state index contributed by atoms with van der Waals surface area (Å²) < 4.78 is 0. The van der Waals surface area contributed by atoms with Crippen LogP contribution in [-0.2, 0) is 0 Å². The molecule has 1 saturated heterocycles. The van der Waals surface area contributed by atoms with Crippen LogP contribution in [0.5, 0.6) is 0 Å². The van der Waals surface area contributed by atoms with Gasteiger partial charge in [0, 0.05) is 32.2 Å². The highest BCUT2D eigenvalue weighted by atomic mass is 15.3. The van der Waals surface area contributed by atoms with Crippen LogP contribution in [0, 0.1) is 0 Å². The highest BCUT2D eigenvalue weighted by molar-refractivity contribution is 4.84. The lowest BCUT2D eigenvalue weighted by molar-refractivity contribution is 0.0666. The fourth-order valence-electron chi connectivity index (χ4n) is 1.49. The molecule has 1 heterocycles. The van der Waals surface area contributed by atoms with Crippen LogP contribution in [0.2, 0.25) is 0 Å². The Hall–Kier alpha value is -0.120. The Morgan fingerprint density at radius 2 is 1.75 bits per heavy atom. The van der Waals surface area contributed by atoms with Gasteiger partial charge in [0.1, 0.15) is 0 Å². The standard InChI is InChI=1S/C9H21N3/c1-10(2)5-6-12(4)9-7-11(3)8-9/h9H,5-8H2,1-4H3. The third-order valence-corrected chi connectivity index (χ3v) is 2.57. The zero-order chi connectivity index (χ0) is 9.14. The highest BCUT2D eigenvalue weighted by Gasteiger charge is 2.26. The lowest BCUT2D eigenvalue weighted by Crippen LogP contribution is -2.57. The summed E-state index contributed by atoms with van der Waals surface area (Å²) in [4.78, 5) is 7.05. The van der Waals surface area contributed by atoms with E-state index in [0.717, 1.165) is 12.6 Å². The van der Waals surface area contributed by atoms with E-state index in [9.17, 15) is 0 Å². The average molecular weight is 171 g/mol. The molecule has 0 amide bonds. The molecule has 1 aliphatic heterocycles. The molecule has 0 saturated carbocycles. The second-order valence-electron chi connectivity index (χ2n) is 4.16. The molecule has 0 aromatic rings. The summed E-state index contributed by atoms with van der Waals surface area (Å²) in [5.74, 6) is 0. The van der Waals surface area contributed by atoms with Crippen molar-refractivity contribution in [2.24, 2.45) is 0 Å². The molecule has 1 aliphatic rings. The Labute approximate surface area is 75.9 Å². The van der Waals surface area contributed by atoms with Crippen LogP contribution in [0.1, 0.15) is 0 Å². The second kappa shape index (κ2) is 4.21. The lowest BCUT2D eigenvalue weighted by atomic mass is 10.1. The number of hydrogen-bond acceptors (Lipinski definition) is 3. The third-order valence-electron chi connectivity index (χ3n) is 2.57. The molecule has 1 rings (SSSR count). The summed E-state index contributed by atoms with van der Waals surface area (Å²) in [5.41, 5.74) is 0. The number of likely N-dealkylation sites (N-methyl/N-ethyl adjacent to an activating group) is 3. The topological polar surface area (TPSA) is 9.72 Å². The fourth-order valence-corrected chi connectivity index (χ4v) is 1.49. The quantitative estimate of drug-likeness (QED) is 0.580. The van der Waals surface area contributed by atoms with Crippen LogP contribution in [-0.4, -0.2) is 75.1 Å². The Kier molecular flexibility index (Phi) is 3.50. The molecule has 0 aliphatic carbocycles. The normalized spacial score (nSPS) is 20.5. The number of likely N-dealkylation sites (tertiary alicyclic amines) is 1. The molecule has 3 nitrogen and oxygen atoms in total. The smallest absolute Gasteiger partial charge is 0.0347 e. The van der Waals surface area contributed by atoms with Gasteiger partial charge in [0.25, 0.3) is 0 Å². The van der Waals surface area contributed by atoms with E-state index in [4.69, 9.17) is 0 Å². The molecule has 3 heteroatoms. The first-order valence-corrected chi connectivity index (χ1v) is 4.63. The van der Waals surface area contributed by atoms with Gasteiger partial charge in [-0.2, -0.15) is 0 Å². The Balaban J connectivity index is 2.08. The van der Waals surface area contributed by atoms with E-state index < -0.39 is 0 Å². The van der Waals surface area contributed by atoms with Crippen molar-refractivity contribution in [3.8, 4) is 0 Å². The summed E-state index contributed by atoms with van der Waals surface area (Å²) in [6.07, 6.45) is 0. The van der Waals surface area contributed by atoms with Gasteiger partial charge in [-0.05, 0) is 28.2 Å². The predicted molar refractivity (Wildman–Crippen MR) is 52.5 cm³/mol. The van der Waals surface area contributed by atoms with Gasteiger partial charge in [0.05, 0.1) is 0 Å². The number of nitrogens with zero attached hydrogens (tertiary/aromatic N) is 3. The van der Waals surface area contributed by atoms with E-state index in [1.807, 2.05) is 0 Å². The molecule has 1 fully saturated rings. The molecule has 12 heavy (non-hydrogen) atoms. The van der Waals surface area contributed by atoms with E-state index in [0.29, 0.717) is 0 Å². The van der Waals surface area contributed by atoms with Crippen LogP contribution in [0.25, 0.3) is 0 Å². The highest BCUT2D eigenvalue weighted by Crippen LogP contribution is 2.09. The third kappa shape index (κ3) is 2.73. The first-order chi connectivity index (χ1) is 5.59. The molecule has 72 valence electrons. The van der Waals surface area contributed by atoms with Gasteiger partial charge < -0.3 is 9.80 Å². The van der Waals surface area contributed by atoms with E-state index in [1.165, 1.54) is 19.6 Å². The van der Waals surface area contributed by atoms with Crippen molar-refractivity contribution < 1.29 is 0 Å². The maximum absolute atomic E-state index is 2.46. The summed E-state index contributed by atoms with van der Waals surface area (Å²) in [7, 11) is 8.65. The zero-order valence-electron chi connectivity index (χ0n) is 8.75. The van der Waals surface area contributed by atoms with Gasteiger partial charge >= 0.3 is 0 Å². The average Bonchev–Trinajstić information content (AvgIpc) is 1.94. The van der Waals surface area contributed by atoms with Gasteiger partial charge in [-0.15, -0.1) is 0 Å². The van der Waals surface area contributed by atoms with Crippen molar-refractivity contribution in [1.82, 2.24) is 14.7 Å². The van der Waals surface area contributed by atoms with Crippen LogP contribution in [0.4, 0.5) is 0 Å². The molecule has 0 bridgehead atoms. The Morgan fingerprint density at radius 1 is 1.17 bits per heavy atom. The van der Waals surface area contributed by atoms with Crippen LogP contribution < -0.4 is 0 Å². The molecule has 0 aromatic heterocycles. The van der Waals surface area contributed by atoms with E-state index in [-0.39, 0.29) is 0 Å². The molecular weight excluding hydrogens is 150 g/mol. The van der Waals surface area contributed by atoms with E-state index in [2.05, 4.69) is 42.9 Å². The van der Waals surface area contributed by atoms with Gasteiger partial charge in [-0.1, -0.05) is 0 Å². The first kappa shape index (κ1) is 9.96. The monoisotopic (exact) mass is 171 g/mol. The molecule has 0 spiro atoms. The largest absolute Gasteiger partial charge is 0.308 e. The molecular formula is C9H21N3. The SMILES string of the molecule is CN(C)CCN(C)C1CN(C)C1. The van der Waals surface area contributed by atoms with E-state index >= 15 is 0 Å². The molecule has 0 unspecified atom stereocenters. The van der Waals surface area contributed by atoms with Crippen LogP contribution in [0.15, 0.2) is 0 Å². The number of rotatable bonds is 4. The van der Waals surface area contributed by atoms with Gasteiger partial charge in [-0.3, -0.25) is 4.90 Å². The van der Waals surface area contributed by atoms with Gasteiger partial charge in [-0.25, -0.2) is 0 Å². The first-order valence-electron chi connectivity index (χ1n) is 4.63. The van der Waals surface area contributed by atoms with Crippen molar-refractivity contribution in [3.63, 3.8) is 0 Å². The molecule has 0 radical (unpaired) electrons.